The minimum Gasteiger partial charge on any atom is -0.508 e. The Bertz CT molecular complexity index is 445. The van der Waals surface area contributed by atoms with Gasteiger partial charge in [-0.2, -0.15) is 0 Å². The molecule has 2 nitrogen and oxygen atoms in total. The topological polar surface area (TPSA) is 33.1 Å². The minimum absolute atomic E-state index is 0.284. The van der Waals surface area contributed by atoms with Crippen molar-refractivity contribution in [2.75, 3.05) is 0 Å². The molecule has 0 bridgehead atoms. The van der Waals surface area contributed by atoms with Crippen molar-refractivity contribution in [1.29, 1.82) is 0 Å². The second-order valence-corrected chi connectivity index (χ2v) is 3.85. The molecular weight excluding hydrogens is 198 g/mol. The first-order chi connectivity index (χ1) is 7.79. The van der Waals surface area contributed by atoms with Crippen molar-refractivity contribution in [3.05, 3.63) is 48.2 Å². The average Bonchev–Trinajstić information content (AvgIpc) is 2.32. The second-order valence-electron chi connectivity index (χ2n) is 3.85. The highest BCUT2D eigenvalue weighted by molar-refractivity contribution is 5.59. The van der Waals surface area contributed by atoms with Crippen LogP contribution in [0, 0.1) is 0 Å². The Hall–Kier alpha value is -1.83. The first-order valence-corrected chi connectivity index (χ1v) is 5.54. The molecule has 0 atom stereocenters. The maximum absolute atomic E-state index is 9.20. The van der Waals surface area contributed by atoms with Crippen LogP contribution in [-0.2, 0) is 6.42 Å². The van der Waals surface area contributed by atoms with Gasteiger partial charge in [0.25, 0.3) is 0 Å². The first-order valence-electron chi connectivity index (χ1n) is 5.54. The molecule has 16 heavy (non-hydrogen) atoms. The molecule has 0 saturated carbocycles. The van der Waals surface area contributed by atoms with Crippen molar-refractivity contribution in [2.24, 2.45) is 0 Å². The van der Waals surface area contributed by atoms with Crippen LogP contribution in [0.2, 0.25) is 0 Å². The highest BCUT2D eigenvalue weighted by atomic mass is 16.3. The van der Waals surface area contributed by atoms with Gasteiger partial charge < -0.3 is 5.11 Å². The summed E-state index contributed by atoms with van der Waals surface area (Å²) in [5, 5.41) is 9.20. The van der Waals surface area contributed by atoms with E-state index in [9.17, 15) is 5.11 Å². The molecule has 1 heterocycles. The van der Waals surface area contributed by atoms with Crippen LogP contribution in [0.1, 0.15) is 18.9 Å². The van der Waals surface area contributed by atoms with Gasteiger partial charge in [-0.15, -0.1) is 0 Å². The molecule has 1 aromatic heterocycles. The van der Waals surface area contributed by atoms with Crippen molar-refractivity contribution in [2.45, 2.75) is 19.8 Å². The van der Waals surface area contributed by atoms with Crippen LogP contribution in [0.3, 0.4) is 0 Å². The van der Waals surface area contributed by atoms with E-state index >= 15 is 0 Å². The lowest BCUT2D eigenvalue weighted by atomic mass is 10.1. The van der Waals surface area contributed by atoms with Crippen LogP contribution >= 0.6 is 0 Å². The van der Waals surface area contributed by atoms with Gasteiger partial charge in [-0.05, 0) is 42.3 Å². The molecule has 0 amide bonds. The number of nitrogens with zero attached hydrogens (tertiary/aromatic N) is 1. The number of aryl methyl sites for hydroxylation is 1. The molecule has 0 unspecified atom stereocenters. The summed E-state index contributed by atoms with van der Waals surface area (Å²) >= 11 is 0. The maximum atomic E-state index is 9.20. The predicted octanol–water partition coefficient (Wildman–Crippen LogP) is 3.41. The van der Waals surface area contributed by atoms with Crippen molar-refractivity contribution >= 4 is 0 Å². The van der Waals surface area contributed by atoms with Crippen molar-refractivity contribution in [3.8, 4) is 17.0 Å². The lowest BCUT2D eigenvalue weighted by molar-refractivity contribution is 0.475. The highest BCUT2D eigenvalue weighted by Crippen LogP contribution is 2.20. The lowest BCUT2D eigenvalue weighted by Crippen LogP contribution is -1.87. The molecule has 2 aromatic rings. The Morgan fingerprint density at radius 1 is 1.06 bits per heavy atom. The van der Waals surface area contributed by atoms with Gasteiger partial charge in [0, 0.05) is 11.8 Å². The van der Waals surface area contributed by atoms with Crippen LogP contribution in [-0.4, -0.2) is 10.1 Å². The Labute approximate surface area is 95.6 Å². The van der Waals surface area contributed by atoms with E-state index < -0.39 is 0 Å². The number of benzene rings is 1. The first kappa shape index (κ1) is 10.7. The number of hydrogen-bond donors (Lipinski definition) is 1. The number of hydrogen-bond acceptors (Lipinski definition) is 2. The summed E-state index contributed by atoms with van der Waals surface area (Å²) < 4.78 is 0. The third kappa shape index (κ3) is 2.40. The normalized spacial score (nSPS) is 10.3. The fraction of sp³-hybridized carbons (Fsp3) is 0.214. The number of phenolic OH excluding ortho intramolecular Hbond substituents is 1. The molecule has 0 spiro atoms. The van der Waals surface area contributed by atoms with Gasteiger partial charge in [-0.25, -0.2) is 0 Å². The minimum atomic E-state index is 0.284. The SMILES string of the molecule is CCCc1ccc(-c2ccc(O)cc2)nc1. The molecule has 0 saturated heterocycles. The third-order valence-corrected chi connectivity index (χ3v) is 2.53. The zero-order chi connectivity index (χ0) is 11.4. The van der Waals surface area contributed by atoms with Crippen LogP contribution in [0.5, 0.6) is 5.75 Å². The van der Waals surface area contributed by atoms with Crippen molar-refractivity contribution < 1.29 is 5.11 Å². The summed E-state index contributed by atoms with van der Waals surface area (Å²) in [6.07, 6.45) is 4.13. The van der Waals surface area contributed by atoms with Crippen LogP contribution in [0.4, 0.5) is 0 Å². The zero-order valence-corrected chi connectivity index (χ0v) is 9.35. The van der Waals surface area contributed by atoms with E-state index in [1.807, 2.05) is 24.4 Å². The standard InChI is InChI=1S/C14H15NO/c1-2-3-11-4-9-14(15-10-11)12-5-7-13(16)8-6-12/h4-10,16H,2-3H2,1H3. The Kier molecular flexibility index (Phi) is 3.20. The summed E-state index contributed by atoms with van der Waals surface area (Å²) in [6, 6.07) is 11.2. The maximum Gasteiger partial charge on any atom is 0.115 e. The van der Waals surface area contributed by atoms with Gasteiger partial charge in [0.15, 0.2) is 0 Å². The van der Waals surface area contributed by atoms with Gasteiger partial charge in [-0.3, -0.25) is 4.98 Å². The van der Waals surface area contributed by atoms with E-state index in [0.717, 1.165) is 24.1 Å². The van der Waals surface area contributed by atoms with E-state index in [1.54, 1.807) is 12.1 Å². The van der Waals surface area contributed by atoms with E-state index in [-0.39, 0.29) is 5.75 Å². The summed E-state index contributed by atoms with van der Waals surface area (Å²) in [4.78, 5) is 4.42. The molecule has 1 aromatic carbocycles. The molecule has 1 N–H and O–H groups in total. The summed E-state index contributed by atoms with van der Waals surface area (Å²) in [5.41, 5.74) is 3.24. The van der Waals surface area contributed by atoms with E-state index in [4.69, 9.17) is 0 Å². The summed E-state index contributed by atoms with van der Waals surface area (Å²) in [7, 11) is 0. The number of rotatable bonds is 3. The zero-order valence-electron chi connectivity index (χ0n) is 9.35. The molecule has 2 rings (SSSR count). The van der Waals surface area contributed by atoms with Crippen LogP contribution < -0.4 is 0 Å². The van der Waals surface area contributed by atoms with Gasteiger partial charge in [-0.1, -0.05) is 19.4 Å². The second kappa shape index (κ2) is 4.79. The number of phenols is 1. The lowest BCUT2D eigenvalue weighted by Gasteiger charge is -2.02. The smallest absolute Gasteiger partial charge is 0.115 e. The molecule has 82 valence electrons. The van der Waals surface area contributed by atoms with Crippen LogP contribution in [0.15, 0.2) is 42.6 Å². The molecule has 0 aliphatic carbocycles. The van der Waals surface area contributed by atoms with Gasteiger partial charge in [0.05, 0.1) is 5.69 Å². The molecule has 0 fully saturated rings. The quantitative estimate of drug-likeness (QED) is 0.847. The number of pyridine rings is 1. The van der Waals surface area contributed by atoms with E-state index in [1.165, 1.54) is 5.56 Å². The highest BCUT2D eigenvalue weighted by Gasteiger charge is 1.99. The monoisotopic (exact) mass is 213 g/mol. The molecule has 0 aliphatic heterocycles. The predicted molar refractivity (Wildman–Crippen MR) is 65.3 cm³/mol. The Morgan fingerprint density at radius 3 is 2.38 bits per heavy atom. The van der Waals surface area contributed by atoms with Crippen LogP contribution in [0.25, 0.3) is 11.3 Å². The largest absolute Gasteiger partial charge is 0.508 e. The van der Waals surface area contributed by atoms with Gasteiger partial charge in [0.2, 0.25) is 0 Å². The molecular formula is C14H15NO. The summed E-state index contributed by atoms with van der Waals surface area (Å²) in [6.45, 7) is 2.16. The fourth-order valence-electron chi connectivity index (χ4n) is 1.66. The average molecular weight is 213 g/mol. The van der Waals surface area contributed by atoms with Gasteiger partial charge >= 0.3 is 0 Å². The number of aromatic hydroxyl groups is 1. The molecule has 2 heteroatoms. The van der Waals surface area contributed by atoms with Crippen molar-refractivity contribution in [3.63, 3.8) is 0 Å². The Balaban J connectivity index is 2.24. The van der Waals surface area contributed by atoms with E-state index in [0.29, 0.717) is 0 Å². The van der Waals surface area contributed by atoms with Gasteiger partial charge in [0.1, 0.15) is 5.75 Å². The molecule has 0 aliphatic rings. The molecule has 0 radical (unpaired) electrons. The third-order valence-electron chi connectivity index (χ3n) is 2.53. The summed E-state index contributed by atoms with van der Waals surface area (Å²) in [5.74, 6) is 0.284. The van der Waals surface area contributed by atoms with E-state index in [2.05, 4.69) is 18.0 Å². The van der Waals surface area contributed by atoms with Crippen molar-refractivity contribution in [1.82, 2.24) is 4.98 Å². The Morgan fingerprint density at radius 2 is 1.81 bits per heavy atom. The fourth-order valence-corrected chi connectivity index (χ4v) is 1.66. The number of aromatic nitrogens is 1.